The zero-order valence-electron chi connectivity index (χ0n) is 18.1. The van der Waals surface area contributed by atoms with Crippen LogP contribution in [0.15, 0.2) is 54.9 Å². The van der Waals surface area contributed by atoms with E-state index in [2.05, 4.69) is 30.6 Å². The van der Waals surface area contributed by atoms with Crippen LogP contribution in [0.5, 0.6) is 5.75 Å². The SMILES string of the molecule is COCCOc1cnc2c(NCc3nnc4ccc(-c5cc(F)cc(F)c5)nn34)ccnc2c1. The van der Waals surface area contributed by atoms with Gasteiger partial charge in [-0.05, 0) is 30.3 Å². The molecule has 5 rings (SSSR count). The molecule has 5 aromatic rings. The molecule has 11 heteroatoms. The van der Waals surface area contributed by atoms with Gasteiger partial charge in [0.2, 0.25) is 0 Å². The van der Waals surface area contributed by atoms with E-state index in [1.54, 1.807) is 37.7 Å². The van der Waals surface area contributed by atoms with E-state index in [1.165, 1.54) is 16.6 Å². The van der Waals surface area contributed by atoms with Crippen molar-refractivity contribution in [3.05, 3.63) is 72.3 Å². The molecule has 0 aliphatic heterocycles. The maximum atomic E-state index is 13.7. The molecule has 0 bridgehead atoms. The first kappa shape index (κ1) is 21.6. The third-order valence-electron chi connectivity index (χ3n) is 5.03. The molecule has 0 aliphatic rings. The van der Waals surface area contributed by atoms with Gasteiger partial charge >= 0.3 is 0 Å². The molecule has 1 N–H and O–H groups in total. The highest BCUT2D eigenvalue weighted by Gasteiger charge is 2.12. The van der Waals surface area contributed by atoms with Crippen LogP contribution >= 0.6 is 0 Å². The quantitative estimate of drug-likeness (QED) is 0.348. The van der Waals surface area contributed by atoms with Gasteiger partial charge in [0.15, 0.2) is 11.5 Å². The maximum absolute atomic E-state index is 13.7. The normalized spacial score (nSPS) is 11.3. The molecule has 0 aliphatic carbocycles. The summed E-state index contributed by atoms with van der Waals surface area (Å²) in [5, 5.41) is 16.1. The van der Waals surface area contributed by atoms with Crippen LogP contribution in [0.4, 0.5) is 14.5 Å². The molecule has 1 aromatic carbocycles. The minimum Gasteiger partial charge on any atom is -0.489 e. The number of benzene rings is 1. The van der Waals surface area contributed by atoms with E-state index in [1.807, 2.05) is 6.07 Å². The number of ether oxygens (including phenoxy) is 2. The first-order valence-corrected chi connectivity index (χ1v) is 10.4. The van der Waals surface area contributed by atoms with Crippen LogP contribution in [0.1, 0.15) is 5.82 Å². The number of aromatic nitrogens is 6. The molecular formula is C23H19F2N7O2. The van der Waals surface area contributed by atoms with Crippen molar-refractivity contribution in [2.75, 3.05) is 25.6 Å². The number of hydrogen-bond acceptors (Lipinski definition) is 8. The van der Waals surface area contributed by atoms with Gasteiger partial charge in [-0.15, -0.1) is 10.2 Å². The predicted octanol–water partition coefficient (Wildman–Crippen LogP) is 3.65. The number of halogens is 2. The maximum Gasteiger partial charge on any atom is 0.178 e. The lowest BCUT2D eigenvalue weighted by Crippen LogP contribution is -2.08. The second-order valence-electron chi connectivity index (χ2n) is 7.36. The number of rotatable bonds is 8. The van der Waals surface area contributed by atoms with Gasteiger partial charge in [-0.25, -0.2) is 13.8 Å². The van der Waals surface area contributed by atoms with Crippen molar-refractivity contribution in [2.24, 2.45) is 0 Å². The number of pyridine rings is 2. The van der Waals surface area contributed by atoms with E-state index < -0.39 is 11.6 Å². The van der Waals surface area contributed by atoms with Crippen molar-refractivity contribution in [2.45, 2.75) is 6.54 Å². The molecule has 0 unspecified atom stereocenters. The predicted molar refractivity (Wildman–Crippen MR) is 120 cm³/mol. The number of anilines is 1. The van der Waals surface area contributed by atoms with Crippen LogP contribution in [-0.2, 0) is 11.3 Å². The van der Waals surface area contributed by atoms with Gasteiger partial charge < -0.3 is 14.8 Å². The lowest BCUT2D eigenvalue weighted by molar-refractivity contribution is 0.146. The van der Waals surface area contributed by atoms with Crippen LogP contribution in [0.2, 0.25) is 0 Å². The topological polar surface area (TPSA) is 99.3 Å². The summed E-state index contributed by atoms with van der Waals surface area (Å²) in [5.74, 6) is -0.236. The van der Waals surface area contributed by atoms with Crippen LogP contribution in [0.3, 0.4) is 0 Å². The minimum absolute atomic E-state index is 0.280. The molecule has 0 saturated heterocycles. The van der Waals surface area contributed by atoms with Crippen molar-refractivity contribution in [3.8, 4) is 17.0 Å². The largest absolute Gasteiger partial charge is 0.489 e. The third-order valence-corrected chi connectivity index (χ3v) is 5.03. The smallest absolute Gasteiger partial charge is 0.178 e. The molecule has 0 amide bonds. The molecule has 0 fully saturated rings. The summed E-state index contributed by atoms with van der Waals surface area (Å²) >= 11 is 0. The zero-order valence-corrected chi connectivity index (χ0v) is 18.1. The standard InChI is InChI=1S/C23H19F2N7O2/c1-33-6-7-34-17-11-20-23(28-12-17)19(4-5-26-20)27-13-22-30-29-21-3-2-18(31-32(21)22)14-8-15(24)10-16(25)9-14/h2-5,8-12H,6-7,13H2,1H3,(H,26,27). The van der Waals surface area contributed by atoms with Crippen LogP contribution in [0, 0.1) is 11.6 Å². The molecule has 172 valence electrons. The van der Waals surface area contributed by atoms with Gasteiger partial charge in [0.1, 0.15) is 29.5 Å². The molecule has 4 aromatic heterocycles. The van der Waals surface area contributed by atoms with Gasteiger partial charge in [-0.1, -0.05) is 0 Å². The van der Waals surface area contributed by atoms with Gasteiger partial charge in [0.05, 0.1) is 36.2 Å². The summed E-state index contributed by atoms with van der Waals surface area (Å²) in [5.41, 5.74) is 3.30. The molecule has 9 nitrogen and oxygen atoms in total. The Morgan fingerprint density at radius 1 is 0.971 bits per heavy atom. The molecule has 0 atom stereocenters. The van der Waals surface area contributed by atoms with Crippen LogP contribution < -0.4 is 10.1 Å². The van der Waals surface area contributed by atoms with Crippen molar-refractivity contribution in [1.29, 1.82) is 0 Å². The summed E-state index contributed by atoms with van der Waals surface area (Å²) < 4.78 is 39.4. The first-order chi connectivity index (χ1) is 16.6. The fourth-order valence-corrected chi connectivity index (χ4v) is 3.45. The van der Waals surface area contributed by atoms with Gasteiger partial charge in [0.25, 0.3) is 0 Å². The Kier molecular flexibility index (Phi) is 5.91. The Balaban J connectivity index is 1.39. The second-order valence-corrected chi connectivity index (χ2v) is 7.36. The van der Waals surface area contributed by atoms with Gasteiger partial charge in [-0.3, -0.25) is 4.98 Å². The van der Waals surface area contributed by atoms with Crippen molar-refractivity contribution < 1.29 is 18.3 Å². The number of nitrogens with zero attached hydrogens (tertiary/aromatic N) is 6. The van der Waals surface area contributed by atoms with Crippen molar-refractivity contribution in [1.82, 2.24) is 29.8 Å². The highest BCUT2D eigenvalue weighted by atomic mass is 19.1. The molecule has 0 radical (unpaired) electrons. The van der Waals surface area contributed by atoms with E-state index in [0.29, 0.717) is 52.7 Å². The average molecular weight is 463 g/mol. The van der Waals surface area contributed by atoms with Crippen LogP contribution in [-0.4, -0.2) is 50.1 Å². The average Bonchev–Trinajstić information content (AvgIpc) is 3.24. The Bertz CT molecular complexity index is 1450. The first-order valence-electron chi connectivity index (χ1n) is 10.4. The lowest BCUT2D eigenvalue weighted by Gasteiger charge is -2.10. The summed E-state index contributed by atoms with van der Waals surface area (Å²) in [4.78, 5) is 8.84. The van der Waals surface area contributed by atoms with E-state index >= 15 is 0 Å². The molecule has 34 heavy (non-hydrogen) atoms. The monoisotopic (exact) mass is 463 g/mol. The van der Waals surface area contributed by atoms with Gasteiger partial charge in [0, 0.05) is 31.0 Å². The minimum atomic E-state index is -0.674. The molecular weight excluding hydrogens is 444 g/mol. The molecule has 4 heterocycles. The second kappa shape index (κ2) is 9.32. The third kappa shape index (κ3) is 4.46. The number of nitrogens with one attached hydrogen (secondary N) is 1. The lowest BCUT2D eigenvalue weighted by atomic mass is 10.1. The molecule has 0 spiro atoms. The Morgan fingerprint density at radius 3 is 2.65 bits per heavy atom. The summed E-state index contributed by atoms with van der Waals surface area (Å²) in [6.07, 6.45) is 3.30. The fraction of sp³-hybridized carbons (Fsp3) is 0.174. The van der Waals surface area contributed by atoms with Crippen molar-refractivity contribution >= 4 is 22.4 Å². The molecule has 0 saturated carbocycles. The van der Waals surface area contributed by atoms with E-state index in [4.69, 9.17) is 9.47 Å². The fourth-order valence-electron chi connectivity index (χ4n) is 3.45. The Morgan fingerprint density at radius 2 is 1.82 bits per heavy atom. The summed E-state index contributed by atoms with van der Waals surface area (Å²) in [6, 6.07) is 10.2. The van der Waals surface area contributed by atoms with Gasteiger partial charge in [-0.2, -0.15) is 9.61 Å². The van der Waals surface area contributed by atoms with Crippen molar-refractivity contribution in [3.63, 3.8) is 0 Å². The zero-order chi connectivity index (χ0) is 23.5. The number of fused-ring (bicyclic) bond motifs is 2. The van der Waals surface area contributed by atoms with E-state index in [-0.39, 0.29) is 6.54 Å². The number of methoxy groups -OCH3 is 1. The highest BCUT2D eigenvalue weighted by Crippen LogP contribution is 2.24. The Hall–Kier alpha value is -4.25. The summed E-state index contributed by atoms with van der Waals surface area (Å²) in [7, 11) is 1.61. The van der Waals surface area contributed by atoms with Crippen LogP contribution in [0.25, 0.3) is 27.9 Å². The Labute approximate surface area is 192 Å². The summed E-state index contributed by atoms with van der Waals surface area (Å²) in [6.45, 7) is 1.17. The van der Waals surface area contributed by atoms with E-state index in [9.17, 15) is 8.78 Å². The highest BCUT2D eigenvalue weighted by molar-refractivity contribution is 5.87. The van der Waals surface area contributed by atoms with E-state index in [0.717, 1.165) is 11.8 Å². The number of hydrogen-bond donors (Lipinski definition) is 1.